The zero-order valence-corrected chi connectivity index (χ0v) is 9.55. The SMILES string of the molecule is O=[N+]([O-])c1cccc(NSCCCCl)c1. The van der Waals surface area contributed by atoms with Crippen molar-refractivity contribution >= 4 is 34.9 Å². The molecule has 0 saturated heterocycles. The van der Waals surface area contributed by atoms with Gasteiger partial charge in [0.15, 0.2) is 0 Å². The number of anilines is 1. The molecule has 0 radical (unpaired) electrons. The van der Waals surface area contributed by atoms with Crippen LogP contribution in [0.15, 0.2) is 24.3 Å². The van der Waals surface area contributed by atoms with Crippen molar-refractivity contribution in [2.24, 2.45) is 0 Å². The smallest absolute Gasteiger partial charge is 0.271 e. The first-order chi connectivity index (χ1) is 7.24. The van der Waals surface area contributed by atoms with E-state index in [2.05, 4.69) is 4.72 Å². The van der Waals surface area contributed by atoms with Gasteiger partial charge in [-0.15, -0.1) is 11.6 Å². The third-order valence-corrected chi connectivity index (χ3v) is 2.77. The van der Waals surface area contributed by atoms with E-state index in [-0.39, 0.29) is 5.69 Å². The molecular formula is C9H11ClN2O2S. The Morgan fingerprint density at radius 3 is 3.00 bits per heavy atom. The summed E-state index contributed by atoms with van der Waals surface area (Å²) in [7, 11) is 0. The Kier molecular flexibility index (Phi) is 5.28. The molecule has 0 amide bonds. The second-order valence-electron chi connectivity index (χ2n) is 2.80. The molecule has 1 aromatic carbocycles. The summed E-state index contributed by atoms with van der Waals surface area (Å²) in [4.78, 5) is 10.1. The van der Waals surface area contributed by atoms with Crippen molar-refractivity contribution in [1.29, 1.82) is 0 Å². The van der Waals surface area contributed by atoms with Crippen LogP contribution in [0.3, 0.4) is 0 Å². The van der Waals surface area contributed by atoms with Crippen molar-refractivity contribution in [3.63, 3.8) is 0 Å². The van der Waals surface area contributed by atoms with Gasteiger partial charge in [0.2, 0.25) is 0 Å². The van der Waals surface area contributed by atoms with Gasteiger partial charge in [0.25, 0.3) is 5.69 Å². The molecule has 0 aliphatic carbocycles. The summed E-state index contributed by atoms with van der Waals surface area (Å²) in [6.45, 7) is 0. The minimum atomic E-state index is -0.408. The minimum absolute atomic E-state index is 0.0953. The molecule has 1 N–H and O–H groups in total. The molecule has 0 unspecified atom stereocenters. The quantitative estimate of drug-likeness (QED) is 0.275. The average Bonchev–Trinajstić information content (AvgIpc) is 2.25. The molecular weight excluding hydrogens is 236 g/mol. The zero-order chi connectivity index (χ0) is 11.1. The van der Waals surface area contributed by atoms with Crippen LogP contribution in [-0.4, -0.2) is 16.6 Å². The van der Waals surface area contributed by atoms with Gasteiger partial charge in [-0.3, -0.25) is 10.1 Å². The van der Waals surface area contributed by atoms with Crippen LogP contribution in [0.4, 0.5) is 11.4 Å². The third kappa shape index (κ3) is 4.40. The summed E-state index contributed by atoms with van der Waals surface area (Å²) >= 11 is 7.01. The predicted molar refractivity (Wildman–Crippen MR) is 64.5 cm³/mol. The lowest BCUT2D eigenvalue weighted by Gasteiger charge is -2.03. The monoisotopic (exact) mass is 246 g/mol. The molecule has 4 nitrogen and oxygen atoms in total. The number of nitrogens with one attached hydrogen (secondary N) is 1. The fourth-order valence-electron chi connectivity index (χ4n) is 0.944. The molecule has 82 valence electrons. The Bertz CT molecular complexity index is 336. The molecule has 6 heteroatoms. The zero-order valence-electron chi connectivity index (χ0n) is 7.98. The van der Waals surface area contributed by atoms with Crippen LogP contribution in [0.1, 0.15) is 6.42 Å². The number of hydrogen-bond donors (Lipinski definition) is 1. The van der Waals surface area contributed by atoms with E-state index >= 15 is 0 Å². The fourth-order valence-corrected chi connectivity index (χ4v) is 1.92. The van der Waals surface area contributed by atoms with E-state index in [0.29, 0.717) is 5.88 Å². The van der Waals surface area contributed by atoms with Gasteiger partial charge >= 0.3 is 0 Å². The summed E-state index contributed by atoms with van der Waals surface area (Å²) in [5.74, 6) is 1.51. The molecule has 0 atom stereocenters. The summed E-state index contributed by atoms with van der Waals surface area (Å²) in [5, 5.41) is 10.5. The predicted octanol–water partition coefficient (Wildman–Crippen LogP) is 3.28. The normalized spacial score (nSPS) is 9.93. The Morgan fingerprint density at radius 2 is 2.33 bits per heavy atom. The van der Waals surface area contributed by atoms with E-state index in [9.17, 15) is 10.1 Å². The highest BCUT2D eigenvalue weighted by Gasteiger charge is 2.04. The molecule has 0 aliphatic heterocycles. The van der Waals surface area contributed by atoms with Gasteiger partial charge < -0.3 is 4.72 Å². The fraction of sp³-hybridized carbons (Fsp3) is 0.333. The molecule has 0 bridgehead atoms. The van der Waals surface area contributed by atoms with Crippen LogP contribution in [0.25, 0.3) is 0 Å². The molecule has 0 aliphatic rings. The molecule has 0 aromatic heterocycles. The molecule has 0 saturated carbocycles. The molecule has 0 heterocycles. The Hall–Kier alpha value is -0.940. The van der Waals surface area contributed by atoms with E-state index in [1.54, 1.807) is 12.1 Å². The summed E-state index contributed by atoms with van der Waals surface area (Å²) in [6.07, 6.45) is 0.911. The first-order valence-electron chi connectivity index (χ1n) is 4.42. The lowest BCUT2D eigenvalue weighted by atomic mass is 10.3. The van der Waals surface area contributed by atoms with E-state index in [1.807, 2.05) is 0 Å². The number of halogens is 1. The molecule has 0 fully saturated rings. The van der Waals surface area contributed by atoms with E-state index in [0.717, 1.165) is 17.9 Å². The van der Waals surface area contributed by atoms with Gasteiger partial charge in [0, 0.05) is 23.8 Å². The lowest BCUT2D eigenvalue weighted by molar-refractivity contribution is -0.384. The van der Waals surface area contributed by atoms with E-state index in [4.69, 9.17) is 11.6 Å². The van der Waals surface area contributed by atoms with Crippen LogP contribution in [0.5, 0.6) is 0 Å². The minimum Gasteiger partial charge on any atom is -0.329 e. The maximum Gasteiger partial charge on any atom is 0.271 e. The van der Waals surface area contributed by atoms with Crippen molar-refractivity contribution in [1.82, 2.24) is 0 Å². The number of nitro benzene ring substituents is 1. The van der Waals surface area contributed by atoms with Gasteiger partial charge in [-0.25, -0.2) is 0 Å². The first kappa shape index (κ1) is 12.1. The number of nitro groups is 1. The summed E-state index contributed by atoms with van der Waals surface area (Å²) < 4.78 is 3.03. The van der Waals surface area contributed by atoms with Crippen LogP contribution >= 0.6 is 23.5 Å². The topological polar surface area (TPSA) is 55.2 Å². The van der Waals surface area contributed by atoms with Gasteiger partial charge in [-0.1, -0.05) is 18.0 Å². The number of hydrogen-bond acceptors (Lipinski definition) is 4. The highest BCUT2D eigenvalue weighted by molar-refractivity contribution is 8.00. The van der Waals surface area contributed by atoms with Crippen LogP contribution in [-0.2, 0) is 0 Å². The van der Waals surface area contributed by atoms with Gasteiger partial charge in [0.05, 0.1) is 10.6 Å². The molecule has 15 heavy (non-hydrogen) atoms. The number of nitrogens with zero attached hydrogens (tertiary/aromatic N) is 1. The van der Waals surface area contributed by atoms with E-state index < -0.39 is 4.92 Å². The van der Waals surface area contributed by atoms with Gasteiger partial charge in [0.1, 0.15) is 0 Å². The molecule has 1 rings (SSSR count). The van der Waals surface area contributed by atoms with Crippen LogP contribution in [0.2, 0.25) is 0 Å². The second kappa shape index (κ2) is 6.53. The maximum absolute atomic E-state index is 10.5. The lowest BCUT2D eigenvalue weighted by Crippen LogP contribution is -1.92. The van der Waals surface area contributed by atoms with Gasteiger partial charge in [-0.05, 0) is 12.5 Å². The highest BCUT2D eigenvalue weighted by Crippen LogP contribution is 2.19. The summed E-state index contributed by atoms with van der Waals surface area (Å²) in [6, 6.07) is 6.42. The van der Waals surface area contributed by atoms with Crippen molar-refractivity contribution in [3.8, 4) is 0 Å². The average molecular weight is 247 g/mol. The second-order valence-corrected chi connectivity index (χ2v) is 4.08. The van der Waals surface area contributed by atoms with Crippen molar-refractivity contribution < 1.29 is 4.92 Å². The third-order valence-electron chi connectivity index (χ3n) is 1.63. The number of alkyl halides is 1. The Balaban J connectivity index is 2.47. The van der Waals surface area contributed by atoms with E-state index in [1.165, 1.54) is 24.1 Å². The molecule has 0 spiro atoms. The standard InChI is InChI=1S/C9H11ClN2O2S/c10-5-2-6-15-11-8-3-1-4-9(7-8)12(13)14/h1,3-4,7,11H,2,5-6H2. The number of rotatable bonds is 6. The first-order valence-corrected chi connectivity index (χ1v) is 5.94. The van der Waals surface area contributed by atoms with Crippen LogP contribution in [0, 0.1) is 10.1 Å². The maximum atomic E-state index is 10.5. The largest absolute Gasteiger partial charge is 0.329 e. The van der Waals surface area contributed by atoms with Crippen molar-refractivity contribution in [2.75, 3.05) is 16.4 Å². The number of non-ortho nitro benzene ring substituents is 1. The number of benzene rings is 1. The van der Waals surface area contributed by atoms with Crippen molar-refractivity contribution in [3.05, 3.63) is 34.4 Å². The highest BCUT2D eigenvalue weighted by atomic mass is 35.5. The Labute approximate surface area is 97.3 Å². The Morgan fingerprint density at radius 1 is 1.53 bits per heavy atom. The van der Waals surface area contributed by atoms with Gasteiger partial charge in [-0.2, -0.15) is 0 Å². The van der Waals surface area contributed by atoms with Crippen molar-refractivity contribution in [2.45, 2.75) is 6.42 Å². The summed E-state index contributed by atoms with van der Waals surface area (Å²) in [5.41, 5.74) is 0.835. The van der Waals surface area contributed by atoms with Crippen LogP contribution < -0.4 is 4.72 Å². The molecule has 1 aromatic rings.